The number of benzene rings is 3. The molecule has 3 aromatic carbocycles. The van der Waals surface area contributed by atoms with E-state index < -0.39 is 17.7 Å². The lowest BCUT2D eigenvalue weighted by Crippen LogP contribution is -2.40. The molecule has 0 saturated heterocycles. The molecule has 46 heavy (non-hydrogen) atoms. The van der Waals surface area contributed by atoms with Gasteiger partial charge in [0.2, 0.25) is 17.7 Å². The fourth-order valence-electron chi connectivity index (χ4n) is 8.10. The van der Waals surface area contributed by atoms with Crippen molar-refractivity contribution < 1.29 is 18.4 Å². The number of rotatable bonds is 1. The average molecular weight is 610 g/mol. The number of para-hydroxylation sites is 1. The van der Waals surface area contributed by atoms with Gasteiger partial charge in [-0.2, -0.15) is 0 Å². The van der Waals surface area contributed by atoms with E-state index in [0.717, 1.165) is 61.3 Å². The lowest BCUT2D eigenvalue weighted by molar-refractivity contribution is -0.125. The summed E-state index contributed by atoms with van der Waals surface area (Å²) >= 11 is 0. The first-order valence-electron chi connectivity index (χ1n) is 15.9. The molecule has 10 rings (SSSR count). The molecule has 9 heteroatoms. The van der Waals surface area contributed by atoms with E-state index in [2.05, 4.69) is 78.9 Å². The van der Waals surface area contributed by atoms with Crippen LogP contribution in [0.2, 0.25) is 0 Å². The van der Waals surface area contributed by atoms with E-state index in [1.807, 2.05) is 19.2 Å². The van der Waals surface area contributed by atoms with Crippen LogP contribution in [0.1, 0.15) is 60.7 Å². The number of aromatic amines is 1. The number of carbonyl (C=O) groups is 1. The first-order chi connectivity index (χ1) is 22.3. The summed E-state index contributed by atoms with van der Waals surface area (Å²) in [6.07, 6.45) is 3.81. The number of hydrogen-bond donors (Lipinski definition) is 3. The maximum Gasteiger partial charge on any atom is 0.249 e. The molecule has 228 valence electrons. The highest BCUT2D eigenvalue weighted by Gasteiger charge is 2.61. The summed E-state index contributed by atoms with van der Waals surface area (Å²) < 4.78 is 20.4. The van der Waals surface area contributed by atoms with Crippen molar-refractivity contribution in [1.82, 2.24) is 20.3 Å². The molecule has 0 radical (unpaired) electrons. The molecule has 0 aliphatic carbocycles. The topological polar surface area (TPSA) is 118 Å². The van der Waals surface area contributed by atoms with E-state index in [1.54, 1.807) is 6.20 Å². The first kappa shape index (κ1) is 26.0. The van der Waals surface area contributed by atoms with Crippen LogP contribution in [0.5, 0.6) is 5.75 Å². The van der Waals surface area contributed by atoms with E-state index in [-0.39, 0.29) is 17.7 Å². The molecule has 4 unspecified atom stereocenters. The van der Waals surface area contributed by atoms with Crippen molar-refractivity contribution in [2.75, 3.05) is 5.32 Å². The van der Waals surface area contributed by atoms with Gasteiger partial charge in [-0.15, -0.1) is 0 Å². The number of oxazole rings is 2. The van der Waals surface area contributed by atoms with Gasteiger partial charge >= 0.3 is 0 Å². The van der Waals surface area contributed by atoms with Crippen LogP contribution >= 0.6 is 0 Å². The Morgan fingerprint density at radius 3 is 2.76 bits per heavy atom. The zero-order valence-electron chi connectivity index (χ0n) is 25.8. The van der Waals surface area contributed by atoms with Gasteiger partial charge in [-0.1, -0.05) is 63.2 Å². The van der Waals surface area contributed by atoms with Crippen molar-refractivity contribution in [2.45, 2.75) is 51.8 Å². The maximum absolute atomic E-state index is 13.5. The second kappa shape index (κ2) is 8.69. The molecule has 4 aliphatic heterocycles. The van der Waals surface area contributed by atoms with Gasteiger partial charge in [-0.25, -0.2) is 9.97 Å². The monoisotopic (exact) mass is 609 g/mol. The molecule has 4 atom stereocenters. The summed E-state index contributed by atoms with van der Waals surface area (Å²) in [6.45, 7) is 8.20. The molecular weight excluding hydrogens is 578 g/mol. The standard InChI is InChI=1S/C37H31N5O4/c1-16(2)28-35-41-31-32(46-35)37-23-7-5-6-21(20-10-8-17(3)29-27(20)22(14-38-29)26-15-39-34(31)44-26)30(23)42-36(37)45-25-11-9-19(13-24(25)37)12-18(4)33(43)40-28/h5-11,13-16,18,28,36,38,42H,12H2,1-4H3,(H,40,43). The zero-order valence-corrected chi connectivity index (χ0v) is 25.8. The minimum atomic E-state index is -0.913. The van der Waals surface area contributed by atoms with Gasteiger partial charge < -0.3 is 29.2 Å². The molecular formula is C37H31N5O4. The molecule has 1 amide bonds. The van der Waals surface area contributed by atoms with Crippen molar-refractivity contribution in [3.05, 3.63) is 94.8 Å². The van der Waals surface area contributed by atoms with Crippen LogP contribution in [-0.4, -0.2) is 27.1 Å². The van der Waals surface area contributed by atoms with Crippen LogP contribution in [0, 0.1) is 18.8 Å². The Bertz CT molecular complexity index is 2290. The smallest absolute Gasteiger partial charge is 0.249 e. The third kappa shape index (κ3) is 3.12. The van der Waals surface area contributed by atoms with E-state index in [9.17, 15) is 4.79 Å². The number of fused-ring (bicyclic) bond motifs is 7. The molecule has 0 fully saturated rings. The zero-order chi connectivity index (χ0) is 31.1. The second-order valence-corrected chi connectivity index (χ2v) is 13.5. The van der Waals surface area contributed by atoms with Crippen LogP contribution in [0.25, 0.3) is 44.9 Å². The van der Waals surface area contributed by atoms with Gasteiger partial charge in [-0.3, -0.25) is 4.79 Å². The Morgan fingerprint density at radius 1 is 1.00 bits per heavy atom. The highest BCUT2D eigenvalue weighted by molar-refractivity contribution is 6.08. The maximum atomic E-state index is 13.5. The molecule has 3 N–H and O–H groups in total. The molecule has 4 aliphatic rings. The van der Waals surface area contributed by atoms with Crippen molar-refractivity contribution in [3.63, 3.8) is 0 Å². The lowest BCUT2D eigenvalue weighted by Gasteiger charge is -2.28. The summed E-state index contributed by atoms with van der Waals surface area (Å²) in [6, 6.07) is 16.6. The number of nitrogens with one attached hydrogen (secondary N) is 3. The fourth-order valence-corrected chi connectivity index (χ4v) is 8.10. The third-order valence-electron chi connectivity index (χ3n) is 10.4. The van der Waals surface area contributed by atoms with Crippen molar-refractivity contribution in [1.29, 1.82) is 0 Å². The normalized spacial score (nSPS) is 23.3. The van der Waals surface area contributed by atoms with Gasteiger partial charge in [0.1, 0.15) is 17.2 Å². The highest BCUT2D eigenvalue weighted by Crippen LogP contribution is 2.61. The van der Waals surface area contributed by atoms with Crippen LogP contribution in [0.3, 0.4) is 0 Å². The summed E-state index contributed by atoms with van der Waals surface area (Å²) in [5.41, 5.74) is 8.86. The predicted octanol–water partition coefficient (Wildman–Crippen LogP) is 7.25. The Labute approximate surface area is 264 Å². The second-order valence-electron chi connectivity index (χ2n) is 13.5. The number of nitrogens with zero attached hydrogens (tertiary/aromatic N) is 2. The van der Waals surface area contributed by atoms with Gasteiger partial charge in [0, 0.05) is 51.0 Å². The van der Waals surface area contributed by atoms with E-state index >= 15 is 0 Å². The Morgan fingerprint density at radius 2 is 1.89 bits per heavy atom. The number of carbonyl (C=O) groups excluding carboxylic acids is 1. The Hall–Kier alpha value is -5.31. The van der Waals surface area contributed by atoms with Gasteiger partial charge in [0.25, 0.3) is 0 Å². The summed E-state index contributed by atoms with van der Waals surface area (Å²) in [5.74, 6) is 2.45. The SMILES string of the molecule is Cc1ccc2c3c(c[nH]c13)-c1cnc(o1)-c1nc3oc1C14c5cc(ccc5OC1Nc1c-2cccc14)CC(C)C(=O)NC3C(C)C. The van der Waals surface area contributed by atoms with Crippen LogP contribution in [0.4, 0.5) is 5.69 Å². The quantitative estimate of drug-likeness (QED) is 0.180. The first-order valence-corrected chi connectivity index (χ1v) is 15.9. The van der Waals surface area contributed by atoms with E-state index in [1.165, 1.54) is 0 Å². The minimum absolute atomic E-state index is 0.00799. The number of H-pyrrole nitrogens is 1. The average Bonchev–Trinajstić information content (AvgIpc) is 3.85. The van der Waals surface area contributed by atoms with Crippen LogP contribution < -0.4 is 15.4 Å². The molecule has 3 aromatic heterocycles. The van der Waals surface area contributed by atoms with Gasteiger partial charge in [-0.05, 0) is 42.0 Å². The molecule has 0 saturated carbocycles. The van der Waals surface area contributed by atoms with Crippen molar-refractivity contribution in [3.8, 4) is 39.8 Å². The van der Waals surface area contributed by atoms with Crippen molar-refractivity contribution in [2.24, 2.45) is 11.8 Å². The molecule has 7 heterocycles. The number of anilines is 1. The van der Waals surface area contributed by atoms with Gasteiger partial charge in [0.05, 0.1) is 6.20 Å². The fraction of sp³-hybridized carbons (Fsp3) is 0.270. The molecule has 6 aromatic rings. The van der Waals surface area contributed by atoms with E-state index in [4.69, 9.17) is 23.5 Å². The molecule has 10 bridgehead atoms. The molecule has 9 nitrogen and oxygen atoms in total. The number of ether oxygens (including phenoxy) is 1. The summed E-state index contributed by atoms with van der Waals surface area (Å²) in [7, 11) is 0. The molecule has 1 spiro atoms. The van der Waals surface area contributed by atoms with Crippen LogP contribution in [-0.2, 0) is 16.6 Å². The highest BCUT2D eigenvalue weighted by atomic mass is 16.5. The summed E-state index contributed by atoms with van der Waals surface area (Å²) in [4.78, 5) is 27.0. The summed E-state index contributed by atoms with van der Waals surface area (Å²) in [5, 5.41) is 8.13. The Balaban J connectivity index is 1.39. The van der Waals surface area contributed by atoms with Crippen LogP contribution in [0.15, 0.2) is 69.8 Å². The van der Waals surface area contributed by atoms with Crippen molar-refractivity contribution >= 4 is 22.5 Å². The predicted molar refractivity (Wildman–Crippen MR) is 172 cm³/mol. The number of aryl methyl sites for hydroxylation is 1. The number of aromatic nitrogens is 3. The largest absolute Gasteiger partial charge is 0.469 e. The number of hydrogen-bond acceptors (Lipinski definition) is 7. The van der Waals surface area contributed by atoms with Gasteiger partial charge in [0.15, 0.2) is 23.4 Å². The lowest BCUT2D eigenvalue weighted by atomic mass is 9.72. The Kier molecular flexibility index (Phi) is 4.90. The number of amides is 1. The minimum Gasteiger partial charge on any atom is -0.469 e. The van der Waals surface area contributed by atoms with E-state index in [0.29, 0.717) is 35.4 Å². The third-order valence-corrected chi connectivity index (χ3v) is 10.4.